The maximum Gasteiger partial charge on any atom is 0.410 e. The van der Waals surface area contributed by atoms with Crippen LogP contribution in [-0.2, 0) is 4.74 Å². The van der Waals surface area contributed by atoms with Crippen LogP contribution in [0.1, 0.15) is 60.8 Å². The second-order valence-corrected chi connectivity index (χ2v) is 6.56. The van der Waals surface area contributed by atoms with Crippen molar-refractivity contribution in [1.29, 1.82) is 0 Å². The number of hydrogen-bond acceptors (Lipinski definition) is 2. The molecule has 1 atom stereocenters. The molecule has 0 aromatic carbocycles. The third kappa shape index (κ3) is 3.36. The molecular weight excluding hydrogens is 214 g/mol. The van der Waals surface area contributed by atoms with Gasteiger partial charge in [-0.25, -0.2) is 4.79 Å². The Morgan fingerprint density at radius 2 is 2.00 bits per heavy atom. The fourth-order valence-electron chi connectivity index (χ4n) is 2.64. The number of hydrogen-bond donors (Lipinski definition) is 0. The van der Waals surface area contributed by atoms with Gasteiger partial charge in [0.2, 0.25) is 0 Å². The van der Waals surface area contributed by atoms with E-state index in [4.69, 9.17) is 4.74 Å². The van der Waals surface area contributed by atoms with Gasteiger partial charge >= 0.3 is 6.09 Å². The average molecular weight is 241 g/mol. The SMILES string of the molecule is CCCC1CCN(C(=O)OC(C)(C)C)C1(C)C. The number of rotatable bonds is 2. The lowest BCUT2D eigenvalue weighted by atomic mass is 9.85. The summed E-state index contributed by atoms with van der Waals surface area (Å²) < 4.78 is 5.47. The summed E-state index contributed by atoms with van der Waals surface area (Å²) >= 11 is 0. The van der Waals surface area contributed by atoms with E-state index < -0.39 is 5.60 Å². The Balaban J connectivity index is 2.70. The fraction of sp³-hybridized carbons (Fsp3) is 0.929. The lowest BCUT2D eigenvalue weighted by Gasteiger charge is -2.37. The van der Waals surface area contributed by atoms with Gasteiger partial charge in [-0.2, -0.15) is 0 Å². The highest BCUT2D eigenvalue weighted by atomic mass is 16.6. The monoisotopic (exact) mass is 241 g/mol. The molecule has 0 aliphatic carbocycles. The highest BCUT2D eigenvalue weighted by Crippen LogP contribution is 2.38. The molecule has 0 spiro atoms. The predicted molar refractivity (Wildman–Crippen MR) is 70.0 cm³/mol. The molecule has 0 saturated carbocycles. The quantitative estimate of drug-likeness (QED) is 0.735. The molecule has 0 aromatic rings. The summed E-state index contributed by atoms with van der Waals surface area (Å²) in [6, 6.07) is 0. The molecule has 1 aliphatic rings. The zero-order valence-electron chi connectivity index (χ0n) is 12.2. The van der Waals surface area contributed by atoms with E-state index in [1.165, 1.54) is 12.8 Å². The zero-order chi connectivity index (χ0) is 13.3. The van der Waals surface area contributed by atoms with E-state index in [0.717, 1.165) is 13.0 Å². The Morgan fingerprint density at radius 3 is 2.47 bits per heavy atom. The molecule has 0 N–H and O–H groups in total. The van der Waals surface area contributed by atoms with Crippen LogP contribution in [0.2, 0.25) is 0 Å². The molecule has 17 heavy (non-hydrogen) atoms. The van der Waals surface area contributed by atoms with E-state index in [1.807, 2.05) is 25.7 Å². The number of nitrogens with zero attached hydrogens (tertiary/aromatic N) is 1. The minimum Gasteiger partial charge on any atom is -0.444 e. The van der Waals surface area contributed by atoms with Crippen LogP contribution in [0.15, 0.2) is 0 Å². The predicted octanol–water partition coefficient (Wildman–Crippen LogP) is 3.82. The van der Waals surface area contributed by atoms with Gasteiger partial charge in [-0.1, -0.05) is 13.3 Å². The third-order valence-corrected chi connectivity index (χ3v) is 3.65. The normalized spacial score (nSPS) is 23.9. The molecular formula is C14H27NO2. The van der Waals surface area contributed by atoms with Gasteiger partial charge in [0.15, 0.2) is 0 Å². The Bertz CT molecular complexity index is 278. The van der Waals surface area contributed by atoms with Crippen molar-refractivity contribution in [3.05, 3.63) is 0 Å². The van der Waals surface area contributed by atoms with Gasteiger partial charge in [-0.05, 0) is 53.4 Å². The number of ether oxygens (including phenoxy) is 1. The molecule has 0 aromatic heterocycles. The van der Waals surface area contributed by atoms with Crippen molar-refractivity contribution in [2.75, 3.05) is 6.54 Å². The van der Waals surface area contributed by atoms with Crippen LogP contribution in [0.25, 0.3) is 0 Å². The van der Waals surface area contributed by atoms with Crippen LogP contribution in [0.4, 0.5) is 4.79 Å². The number of carbonyl (C=O) groups excluding carboxylic acids is 1. The topological polar surface area (TPSA) is 29.5 Å². The molecule has 3 nitrogen and oxygen atoms in total. The first-order valence-electron chi connectivity index (χ1n) is 6.69. The number of carbonyl (C=O) groups is 1. The number of amides is 1. The van der Waals surface area contributed by atoms with E-state index in [2.05, 4.69) is 20.8 Å². The molecule has 1 heterocycles. The van der Waals surface area contributed by atoms with Crippen LogP contribution >= 0.6 is 0 Å². The molecule has 1 aliphatic heterocycles. The lowest BCUT2D eigenvalue weighted by Crippen LogP contribution is -2.48. The van der Waals surface area contributed by atoms with Gasteiger partial charge in [0.25, 0.3) is 0 Å². The highest BCUT2D eigenvalue weighted by Gasteiger charge is 2.44. The van der Waals surface area contributed by atoms with Crippen molar-refractivity contribution in [1.82, 2.24) is 4.90 Å². The summed E-state index contributed by atoms with van der Waals surface area (Å²) in [5.41, 5.74) is -0.478. The first-order valence-corrected chi connectivity index (χ1v) is 6.69. The van der Waals surface area contributed by atoms with Gasteiger partial charge < -0.3 is 9.64 Å². The summed E-state index contributed by atoms with van der Waals surface area (Å²) in [5.74, 6) is 0.597. The van der Waals surface area contributed by atoms with Gasteiger partial charge in [0, 0.05) is 12.1 Å². The maximum atomic E-state index is 12.1. The minimum atomic E-state index is -0.407. The summed E-state index contributed by atoms with van der Waals surface area (Å²) in [6.45, 7) is 13.1. The summed E-state index contributed by atoms with van der Waals surface area (Å²) in [5, 5.41) is 0. The van der Waals surface area contributed by atoms with Crippen LogP contribution in [0, 0.1) is 5.92 Å². The minimum absolute atomic E-state index is 0.0711. The summed E-state index contributed by atoms with van der Waals surface area (Å²) in [6.07, 6.45) is 3.30. The number of likely N-dealkylation sites (tertiary alicyclic amines) is 1. The fourth-order valence-corrected chi connectivity index (χ4v) is 2.64. The molecule has 1 unspecified atom stereocenters. The van der Waals surface area contributed by atoms with Crippen LogP contribution in [0.3, 0.4) is 0 Å². The smallest absolute Gasteiger partial charge is 0.410 e. The van der Waals surface area contributed by atoms with E-state index in [-0.39, 0.29) is 11.6 Å². The van der Waals surface area contributed by atoms with Crippen LogP contribution in [0.5, 0.6) is 0 Å². The van der Waals surface area contributed by atoms with Crippen molar-refractivity contribution >= 4 is 6.09 Å². The third-order valence-electron chi connectivity index (χ3n) is 3.65. The summed E-state index contributed by atoms with van der Waals surface area (Å²) in [7, 11) is 0. The molecule has 0 bridgehead atoms. The lowest BCUT2D eigenvalue weighted by molar-refractivity contribution is 0.00857. The Morgan fingerprint density at radius 1 is 1.41 bits per heavy atom. The first kappa shape index (κ1) is 14.3. The maximum absolute atomic E-state index is 12.1. The first-order chi connectivity index (χ1) is 7.68. The molecule has 3 heteroatoms. The van der Waals surface area contributed by atoms with Gasteiger partial charge in [-0.15, -0.1) is 0 Å². The largest absolute Gasteiger partial charge is 0.444 e. The van der Waals surface area contributed by atoms with Crippen LogP contribution in [-0.4, -0.2) is 28.7 Å². The van der Waals surface area contributed by atoms with Crippen molar-refractivity contribution in [2.24, 2.45) is 5.92 Å². The summed E-state index contributed by atoms with van der Waals surface area (Å²) in [4.78, 5) is 14.0. The van der Waals surface area contributed by atoms with E-state index >= 15 is 0 Å². The second-order valence-electron chi connectivity index (χ2n) is 6.56. The van der Waals surface area contributed by atoms with Gasteiger partial charge in [0.1, 0.15) is 5.60 Å². The van der Waals surface area contributed by atoms with Crippen LogP contribution < -0.4 is 0 Å². The molecule has 1 amide bonds. The van der Waals surface area contributed by atoms with Crippen molar-refractivity contribution < 1.29 is 9.53 Å². The van der Waals surface area contributed by atoms with Gasteiger partial charge in [-0.3, -0.25) is 0 Å². The van der Waals surface area contributed by atoms with Crippen molar-refractivity contribution in [3.8, 4) is 0 Å². The molecule has 1 rings (SSSR count). The van der Waals surface area contributed by atoms with Crippen molar-refractivity contribution in [3.63, 3.8) is 0 Å². The Hall–Kier alpha value is -0.730. The second kappa shape index (κ2) is 4.87. The average Bonchev–Trinajstić information content (AvgIpc) is 2.40. The van der Waals surface area contributed by atoms with E-state index in [9.17, 15) is 4.79 Å². The molecule has 1 fully saturated rings. The molecule has 0 radical (unpaired) electrons. The zero-order valence-corrected chi connectivity index (χ0v) is 12.2. The standard InChI is InChI=1S/C14H27NO2/c1-7-8-11-9-10-15(14(11,5)6)12(16)17-13(2,3)4/h11H,7-10H2,1-6H3. The van der Waals surface area contributed by atoms with E-state index in [0.29, 0.717) is 5.92 Å². The Labute approximate surface area is 106 Å². The highest BCUT2D eigenvalue weighted by molar-refractivity contribution is 5.69. The Kier molecular flexibility index (Phi) is 4.11. The van der Waals surface area contributed by atoms with Crippen molar-refractivity contribution in [2.45, 2.75) is 71.9 Å². The van der Waals surface area contributed by atoms with E-state index in [1.54, 1.807) is 0 Å². The molecule has 1 saturated heterocycles. The molecule has 100 valence electrons. The van der Waals surface area contributed by atoms with Gasteiger partial charge in [0.05, 0.1) is 0 Å².